The molecule has 1 aromatic rings. The van der Waals surface area contributed by atoms with Crippen LogP contribution < -0.4 is 0 Å². The number of hydrogen-bond donors (Lipinski definition) is 0. The first-order valence-corrected chi connectivity index (χ1v) is 4.51. The van der Waals surface area contributed by atoms with Gasteiger partial charge in [-0.1, -0.05) is 22.9 Å². The summed E-state index contributed by atoms with van der Waals surface area (Å²) in [6.45, 7) is 4.07. The molecule has 1 unspecified atom stereocenters. The van der Waals surface area contributed by atoms with Gasteiger partial charge >= 0.3 is 0 Å². The van der Waals surface area contributed by atoms with Crippen LogP contribution in [0.1, 0.15) is 18.3 Å². The summed E-state index contributed by atoms with van der Waals surface area (Å²) in [7, 11) is 0. The van der Waals surface area contributed by atoms with E-state index >= 15 is 0 Å². The molecule has 0 fully saturated rings. The summed E-state index contributed by atoms with van der Waals surface area (Å²) < 4.78 is 0. The molecule has 3 heteroatoms. The molecule has 1 aromatic heterocycles. The molecule has 2 nitrogen and oxygen atoms in total. The van der Waals surface area contributed by atoms with E-state index in [9.17, 15) is 0 Å². The van der Waals surface area contributed by atoms with Crippen molar-refractivity contribution in [3.05, 3.63) is 23.8 Å². The molecule has 0 radical (unpaired) electrons. The molecule has 0 spiro atoms. The van der Waals surface area contributed by atoms with E-state index in [1.54, 1.807) is 0 Å². The summed E-state index contributed by atoms with van der Waals surface area (Å²) in [5.41, 5.74) is 1.11. The van der Waals surface area contributed by atoms with Crippen molar-refractivity contribution < 1.29 is 0 Å². The van der Waals surface area contributed by atoms with E-state index in [-0.39, 0.29) is 0 Å². The van der Waals surface area contributed by atoms with Gasteiger partial charge in [-0.3, -0.25) is 0 Å². The third-order valence-corrected chi connectivity index (χ3v) is 1.62. The molecule has 0 aliphatic carbocycles. The van der Waals surface area contributed by atoms with Gasteiger partial charge < -0.3 is 0 Å². The largest absolute Gasteiger partial charge is 0.241 e. The van der Waals surface area contributed by atoms with Crippen molar-refractivity contribution in [1.82, 2.24) is 9.97 Å². The number of aromatic nitrogens is 2. The Bertz CT molecular complexity index is 218. The molecule has 0 amide bonds. The number of hydrogen-bond acceptors (Lipinski definition) is 2. The lowest BCUT2D eigenvalue weighted by molar-refractivity contribution is 0.854. The van der Waals surface area contributed by atoms with Crippen molar-refractivity contribution in [2.75, 3.05) is 0 Å². The Morgan fingerprint density at radius 1 is 1.45 bits per heavy atom. The number of rotatable bonds is 2. The van der Waals surface area contributed by atoms with E-state index in [4.69, 9.17) is 0 Å². The lowest BCUT2D eigenvalue weighted by Crippen LogP contribution is -2.01. The van der Waals surface area contributed by atoms with Gasteiger partial charge in [0.15, 0.2) is 0 Å². The van der Waals surface area contributed by atoms with Crippen LogP contribution in [0, 0.1) is 6.92 Å². The summed E-state index contributed by atoms with van der Waals surface area (Å²) in [6.07, 6.45) is 4.58. The molecule has 0 aliphatic heterocycles. The van der Waals surface area contributed by atoms with Crippen molar-refractivity contribution in [2.24, 2.45) is 0 Å². The fraction of sp³-hybridized carbons (Fsp3) is 0.500. The predicted octanol–water partition coefficient (Wildman–Crippen LogP) is 2.11. The minimum atomic E-state index is 0.449. The van der Waals surface area contributed by atoms with E-state index in [0.29, 0.717) is 4.83 Å². The van der Waals surface area contributed by atoms with E-state index in [1.165, 1.54) is 0 Å². The topological polar surface area (TPSA) is 25.8 Å². The summed E-state index contributed by atoms with van der Waals surface area (Å²) >= 11 is 3.45. The molecule has 1 heterocycles. The molecule has 0 aromatic carbocycles. The molecule has 11 heavy (non-hydrogen) atoms. The number of alkyl halides is 1. The highest BCUT2D eigenvalue weighted by atomic mass is 79.9. The standard InChI is InChI=1S/C8H11BrN2/c1-6-4-10-8(11-5-6)3-7(2)9/h4-5,7H,3H2,1-2H3. The Labute approximate surface area is 75.2 Å². The van der Waals surface area contributed by atoms with Gasteiger partial charge in [0, 0.05) is 23.6 Å². The van der Waals surface area contributed by atoms with Crippen molar-refractivity contribution >= 4 is 15.9 Å². The maximum absolute atomic E-state index is 4.18. The highest BCUT2D eigenvalue weighted by Gasteiger charge is 2.00. The molecule has 0 aliphatic rings. The van der Waals surface area contributed by atoms with Crippen molar-refractivity contribution in [2.45, 2.75) is 25.1 Å². The number of halogens is 1. The van der Waals surface area contributed by atoms with Crippen molar-refractivity contribution in [3.8, 4) is 0 Å². The Morgan fingerprint density at radius 2 is 2.00 bits per heavy atom. The van der Waals surface area contributed by atoms with Crippen LogP contribution in [0.15, 0.2) is 12.4 Å². The maximum Gasteiger partial charge on any atom is 0.129 e. The summed E-state index contributed by atoms with van der Waals surface area (Å²) in [5.74, 6) is 0.903. The first-order valence-electron chi connectivity index (χ1n) is 3.60. The smallest absolute Gasteiger partial charge is 0.129 e. The van der Waals surface area contributed by atoms with E-state index in [1.807, 2.05) is 19.3 Å². The highest BCUT2D eigenvalue weighted by Crippen LogP contribution is 2.04. The van der Waals surface area contributed by atoms with Gasteiger partial charge in [0.05, 0.1) is 0 Å². The van der Waals surface area contributed by atoms with Crippen molar-refractivity contribution in [3.63, 3.8) is 0 Å². The SMILES string of the molecule is Cc1cnc(CC(C)Br)nc1. The molecule has 1 rings (SSSR count). The summed E-state index contributed by atoms with van der Waals surface area (Å²) in [4.78, 5) is 8.80. The van der Waals surface area contributed by atoms with Gasteiger partial charge in [-0.05, 0) is 12.5 Å². The second-order valence-corrected chi connectivity index (χ2v) is 4.22. The lowest BCUT2D eigenvalue weighted by Gasteiger charge is -2.00. The third kappa shape index (κ3) is 2.97. The molecule has 0 N–H and O–H groups in total. The van der Waals surface area contributed by atoms with Crippen LogP contribution in [-0.2, 0) is 6.42 Å². The Balaban J connectivity index is 2.66. The normalized spacial score (nSPS) is 13.0. The highest BCUT2D eigenvalue weighted by molar-refractivity contribution is 9.09. The predicted molar refractivity (Wildman–Crippen MR) is 48.9 cm³/mol. The van der Waals surface area contributed by atoms with Crippen LogP contribution in [0.5, 0.6) is 0 Å². The molecule has 0 bridgehead atoms. The third-order valence-electron chi connectivity index (χ3n) is 1.30. The van der Waals surface area contributed by atoms with Crippen LogP contribution in [0.3, 0.4) is 0 Å². The Kier molecular flexibility index (Phi) is 3.00. The minimum absolute atomic E-state index is 0.449. The molecular weight excluding hydrogens is 204 g/mol. The average molecular weight is 215 g/mol. The van der Waals surface area contributed by atoms with E-state index < -0.39 is 0 Å². The Hall–Kier alpha value is -0.440. The fourth-order valence-corrected chi connectivity index (χ4v) is 1.07. The zero-order valence-electron chi connectivity index (χ0n) is 6.71. The Morgan fingerprint density at radius 3 is 2.45 bits per heavy atom. The molecule has 1 atom stereocenters. The van der Waals surface area contributed by atoms with Crippen molar-refractivity contribution in [1.29, 1.82) is 0 Å². The lowest BCUT2D eigenvalue weighted by atomic mass is 10.3. The summed E-state index contributed by atoms with van der Waals surface area (Å²) in [6, 6.07) is 0. The zero-order valence-corrected chi connectivity index (χ0v) is 8.30. The van der Waals surface area contributed by atoms with Gasteiger partial charge in [-0.2, -0.15) is 0 Å². The minimum Gasteiger partial charge on any atom is -0.241 e. The van der Waals surface area contributed by atoms with Gasteiger partial charge in [0.1, 0.15) is 5.82 Å². The second-order valence-electron chi connectivity index (χ2n) is 2.66. The van der Waals surface area contributed by atoms with E-state index in [0.717, 1.165) is 17.8 Å². The van der Waals surface area contributed by atoms with Gasteiger partial charge in [-0.15, -0.1) is 0 Å². The number of aryl methyl sites for hydroxylation is 1. The number of nitrogens with zero attached hydrogens (tertiary/aromatic N) is 2. The van der Waals surface area contributed by atoms with Crippen LogP contribution >= 0.6 is 15.9 Å². The van der Waals surface area contributed by atoms with Crippen LogP contribution in [0.4, 0.5) is 0 Å². The van der Waals surface area contributed by atoms with Gasteiger partial charge in [0.2, 0.25) is 0 Å². The first-order chi connectivity index (χ1) is 5.18. The second kappa shape index (κ2) is 3.81. The molecule has 0 saturated heterocycles. The fourth-order valence-electron chi connectivity index (χ4n) is 0.776. The monoisotopic (exact) mass is 214 g/mol. The zero-order chi connectivity index (χ0) is 8.27. The van der Waals surface area contributed by atoms with Crippen LogP contribution in [0.25, 0.3) is 0 Å². The van der Waals surface area contributed by atoms with Crippen LogP contribution in [-0.4, -0.2) is 14.8 Å². The molecule has 0 saturated carbocycles. The van der Waals surface area contributed by atoms with Crippen LogP contribution in [0.2, 0.25) is 0 Å². The summed E-state index contributed by atoms with van der Waals surface area (Å²) in [5, 5.41) is 0. The molecular formula is C8H11BrN2. The maximum atomic E-state index is 4.18. The quantitative estimate of drug-likeness (QED) is 0.706. The first kappa shape index (κ1) is 8.65. The van der Waals surface area contributed by atoms with Gasteiger partial charge in [-0.25, -0.2) is 9.97 Å². The van der Waals surface area contributed by atoms with Gasteiger partial charge in [0.25, 0.3) is 0 Å². The average Bonchev–Trinajstić information content (AvgIpc) is 1.93. The van der Waals surface area contributed by atoms with E-state index in [2.05, 4.69) is 32.8 Å². The molecule has 60 valence electrons.